The minimum absolute atomic E-state index is 0.0781. The summed E-state index contributed by atoms with van der Waals surface area (Å²) in [4.78, 5) is 18.3. The van der Waals surface area contributed by atoms with E-state index < -0.39 is 0 Å². The Morgan fingerprint density at radius 2 is 2.03 bits per heavy atom. The third-order valence-corrected chi connectivity index (χ3v) is 5.51. The predicted octanol–water partition coefficient (Wildman–Crippen LogP) is 3.94. The summed E-state index contributed by atoms with van der Waals surface area (Å²) in [5, 5.41) is 4.14. The molecule has 1 atom stereocenters. The Bertz CT molecular complexity index is 1020. The summed E-state index contributed by atoms with van der Waals surface area (Å²) >= 11 is 0. The third kappa shape index (κ3) is 4.69. The maximum absolute atomic E-state index is 12.7. The molecule has 5 heteroatoms. The molecule has 0 radical (unpaired) electrons. The van der Waals surface area contributed by atoms with E-state index in [2.05, 4.69) is 72.4 Å². The highest BCUT2D eigenvalue weighted by Crippen LogP contribution is 2.21. The molecule has 4 rings (SSSR count). The van der Waals surface area contributed by atoms with Crippen molar-refractivity contribution < 1.29 is 9.53 Å². The Morgan fingerprint density at radius 3 is 2.86 bits per heavy atom. The number of aromatic amines is 1. The molecule has 1 aromatic heterocycles. The Hall–Kier alpha value is -2.63. The molecule has 1 saturated heterocycles. The number of carbonyl (C=O) groups excluding carboxylic acids is 1. The molecule has 152 valence electrons. The van der Waals surface area contributed by atoms with Crippen LogP contribution in [0.2, 0.25) is 0 Å². The molecule has 5 nitrogen and oxygen atoms in total. The van der Waals surface area contributed by atoms with E-state index >= 15 is 0 Å². The first-order valence-corrected chi connectivity index (χ1v) is 10.3. The standard InChI is InChI=1S/C24H29N3O2/c1-16-9-17(2)21-12-23(26-22(21)10-16)24(28)25-13-19-5-4-6-20(11-19)15-27-7-8-29-18(3)14-27/h4-6,9-12,18,26H,7-8,13-15H2,1-3H3,(H,25,28). The number of nitrogens with zero attached hydrogens (tertiary/aromatic N) is 1. The molecule has 2 N–H and O–H groups in total. The molecule has 1 aliphatic rings. The van der Waals surface area contributed by atoms with Crippen LogP contribution in [-0.2, 0) is 17.8 Å². The van der Waals surface area contributed by atoms with Crippen molar-refractivity contribution in [1.82, 2.24) is 15.2 Å². The minimum Gasteiger partial charge on any atom is -0.376 e. The fraction of sp³-hybridized carbons (Fsp3) is 0.375. The van der Waals surface area contributed by atoms with Crippen LogP contribution in [0.15, 0.2) is 42.5 Å². The number of aromatic nitrogens is 1. The van der Waals surface area contributed by atoms with Gasteiger partial charge in [0, 0.05) is 37.1 Å². The smallest absolute Gasteiger partial charge is 0.267 e. The number of fused-ring (bicyclic) bond motifs is 1. The first-order valence-electron chi connectivity index (χ1n) is 10.3. The van der Waals surface area contributed by atoms with Gasteiger partial charge in [-0.15, -0.1) is 0 Å². The second-order valence-electron chi connectivity index (χ2n) is 8.15. The van der Waals surface area contributed by atoms with Gasteiger partial charge >= 0.3 is 0 Å². The number of hydrogen-bond donors (Lipinski definition) is 2. The van der Waals surface area contributed by atoms with Gasteiger partial charge in [0.2, 0.25) is 0 Å². The third-order valence-electron chi connectivity index (χ3n) is 5.51. The first-order chi connectivity index (χ1) is 14.0. The molecule has 3 aromatic rings. The van der Waals surface area contributed by atoms with Crippen LogP contribution >= 0.6 is 0 Å². The van der Waals surface area contributed by atoms with E-state index in [1.54, 1.807) is 0 Å². The fourth-order valence-electron chi connectivity index (χ4n) is 4.13. The van der Waals surface area contributed by atoms with Crippen LogP contribution in [0, 0.1) is 13.8 Å². The number of rotatable bonds is 5. The Kier molecular flexibility index (Phi) is 5.69. The molecule has 29 heavy (non-hydrogen) atoms. The summed E-state index contributed by atoms with van der Waals surface area (Å²) in [6.45, 7) is 10.4. The van der Waals surface area contributed by atoms with Crippen molar-refractivity contribution in [3.8, 4) is 0 Å². The van der Waals surface area contributed by atoms with Crippen LogP contribution in [0.25, 0.3) is 10.9 Å². The van der Waals surface area contributed by atoms with Crippen LogP contribution in [0.5, 0.6) is 0 Å². The average Bonchev–Trinajstić information content (AvgIpc) is 3.11. The van der Waals surface area contributed by atoms with Crippen LogP contribution in [-0.4, -0.2) is 41.6 Å². The van der Waals surface area contributed by atoms with Gasteiger partial charge in [-0.3, -0.25) is 9.69 Å². The van der Waals surface area contributed by atoms with Crippen LogP contribution in [0.1, 0.15) is 39.7 Å². The summed E-state index contributed by atoms with van der Waals surface area (Å²) in [6, 6.07) is 14.6. The number of ether oxygens (including phenoxy) is 1. The van der Waals surface area contributed by atoms with E-state index in [9.17, 15) is 4.79 Å². The molecular weight excluding hydrogens is 362 g/mol. The molecule has 1 unspecified atom stereocenters. The van der Waals surface area contributed by atoms with Crippen molar-refractivity contribution >= 4 is 16.8 Å². The molecule has 2 aromatic carbocycles. The maximum atomic E-state index is 12.7. The second kappa shape index (κ2) is 8.39. The second-order valence-corrected chi connectivity index (χ2v) is 8.15. The number of aryl methyl sites for hydroxylation is 2. The van der Waals surface area contributed by atoms with E-state index in [1.165, 1.54) is 16.7 Å². The van der Waals surface area contributed by atoms with Crippen molar-refractivity contribution in [2.75, 3.05) is 19.7 Å². The minimum atomic E-state index is -0.0781. The highest BCUT2D eigenvalue weighted by atomic mass is 16.5. The van der Waals surface area contributed by atoms with E-state index in [1.807, 2.05) is 6.07 Å². The van der Waals surface area contributed by atoms with Crippen LogP contribution < -0.4 is 5.32 Å². The number of morpholine rings is 1. The monoisotopic (exact) mass is 391 g/mol. The topological polar surface area (TPSA) is 57.4 Å². The van der Waals surface area contributed by atoms with E-state index in [4.69, 9.17) is 4.74 Å². The zero-order chi connectivity index (χ0) is 20.4. The lowest BCUT2D eigenvalue weighted by Gasteiger charge is -2.31. The SMILES string of the molecule is Cc1cc(C)c2cc(C(=O)NCc3cccc(CN4CCOC(C)C4)c3)[nH]c2c1. The summed E-state index contributed by atoms with van der Waals surface area (Å²) in [7, 11) is 0. The van der Waals surface area contributed by atoms with Crippen molar-refractivity contribution in [2.24, 2.45) is 0 Å². The van der Waals surface area contributed by atoms with Crippen molar-refractivity contribution in [2.45, 2.75) is 40.0 Å². The van der Waals surface area contributed by atoms with E-state index in [0.717, 1.165) is 42.7 Å². The molecule has 0 saturated carbocycles. The first kappa shape index (κ1) is 19.7. The van der Waals surface area contributed by atoms with Gasteiger partial charge in [-0.2, -0.15) is 0 Å². The van der Waals surface area contributed by atoms with Gasteiger partial charge in [0.1, 0.15) is 5.69 Å². The summed E-state index contributed by atoms with van der Waals surface area (Å²) < 4.78 is 5.62. The van der Waals surface area contributed by atoms with Gasteiger partial charge in [0.25, 0.3) is 5.91 Å². The number of nitrogens with one attached hydrogen (secondary N) is 2. The van der Waals surface area contributed by atoms with Gasteiger partial charge in [-0.25, -0.2) is 0 Å². The molecule has 0 bridgehead atoms. The molecule has 0 aliphatic carbocycles. The summed E-state index contributed by atoms with van der Waals surface area (Å²) in [6.07, 6.45) is 0.287. The fourth-order valence-corrected chi connectivity index (χ4v) is 4.13. The number of H-pyrrole nitrogens is 1. The predicted molar refractivity (Wildman–Crippen MR) is 116 cm³/mol. The van der Waals surface area contributed by atoms with Gasteiger partial charge in [-0.05, 0) is 55.2 Å². The lowest BCUT2D eigenvalue weighted by atomic mass is 10.1. The van der Waals surface area contributed by atoms with Gasteiger partial charge in [-0.1, -0.05) is 30.3 Å². The van der Waals surface area contributed by atoms with Gasteiger partial charge < -0.3 is 15.0 Å². The molecular formula is C24H29N3O2. The largest absolute Gasteiger partial charge is 0.376 e. The van der Waals surface area contributed by atoms with Crippen molar-refractivity contribution in [3.63, 3.8) is 0 Å². The summed E-state index contributed by atoms with van der Waals surface area (Å²) in [5.41, 5.74) is 6.36. The number of amides is 1. The number of carbonyl (C=O) groups is 1. The normalized spacial score (nSPS) is 17.6. The Labute approximate surface area is 172 Å². The Morgan fingerprint density at radius 1 is 1.21 bits per heavy atom. The highest BCUT2D eigenvalue weighted by molar-refractivity contribution is 5.98. The Balaban J connectivity index is 1.40. The van der Waals surface area contributed by atoms with Crippen LogP contribution in [0.3, 0.4) is 0 Å². The highest BCUT2D eigenvalue weighted by Gasteiger charge is 2.17. The van der Waals surface area contributed by atoms with Gasteiger partial charge in [0.15, 0.2) is 0 Å². The lowest BCUT2D eigenvalue weighted by Crippen LogP contribution is -2.40. The molecule has 2 heterocycles. The number of benzene rings is 2. The summed E-state index contributed by atoms with van der Waals surface area (Å²) in [5.74, 6) is -0.0781. The quantitative estimate of drug-likeness (QED) is 0.693. The average molecular weight is 392 g/mol. The van der Waals surface area contributed by atoms with Crippen molar-refractivity contribution in [1.29, 1.82) is 0 Å². The zero-order valence-electron chi connectivity index (χ0n) is 17.4. The maximum Gasteiger partial charge on any atom is 0.267 e. The molecule has 1 fully saturated rings. The molecule has 1 aliphatic heterocycles. The van der Waals surface area contributed by atoms with Crippen LogP contribution in [0.4, 0.5) is 0 Å². The van der Waals surface area contributed by atoms with Crippen molar-refractivity contribution in [3.05, 3.63) is 70.4 Å². The zero-order valence-corrected chi connectivity index (χ0v) is 17.4. The molecule has 1 amide bonds. The lowest BCUT2D eigenvalue weighted by molar-refractivity contribution is -0.0212. The van der Waals surface area contributed by atoms with E-state index in [0.29, 0.717) is 12.2 Å². The number of hydrogen-bond acceptors (Lipinski definition) is 3. The van der Waals surface area contributed by atoms with E-state index in [-0.39, 0.29) is 12.0 Å². The van der Waals surface area contributed by atoms with Gasteiger partial charge in [0.05, 0.1) is 12.7 Å². The molecule has 0 spiro atoms.